The quantitative estimate of drug-likeness (QED) is 0.783. The van der Waals surface area contributed by atoms with Gasteiger partial charge < -0.3 is 5.32 Å². The molecule has 0 bridgehead atoms. The Bertz CT molecular complexity index is 728. The van der Waals surface area contributed by atoms with Crippen molar-refractivity contribution in [2.75, 3.05) is 13.6 Å². The molecule has 1 aliphatic carbocycles. The topological polar surface area (TPSA) is 83.6 Å². The summed E-state index contributed by atoms with van der Waals surface area (Å²) in [4.78, 5) is 23.6. The van der Waals surface area contributed by atoms with Gasteiger partial charge in [0.2, 0.25) is 15.9 Å². The normalized spacial score (nSPS) is 21.1. The molecule has 1 aromatic carbocycles. The van der Waals surface area contributed by atoms with Crippen LogP contribution in [-0.2, 0) is 14.8 Å². The first-order valence-corrected chi connectivity index (χ1v) is 10.0. The van der Waals surface area contributed by atoms with Crippen molar-refractivity contribution in [3.63, 3.8) is 0 Å². The van der Waals surface area contributed by atoms with E-state index in [0.29, 0.717) is 11.5 Å². The Hall–Kier alpha value is -1.73. The standard InChI is InChI=1S/C18H26N2O4S/c1-13-6-4-5-7-17(13)19-18(22)12-20(3)25(23,24)16-10-8-15(9-11-16)14(2)21/h8-11,13,17H,4-7,12H2,1-3H3,(H,19,22). The van der Waals surface area contributed by atoms with Crippen molar-refractivity contribution in [1.29, 1.82) is 0 Å². The summed E-state index contributed by atoms with van der Waals surface area (Å²) in [5.41, 5.74) is 0.450. The SMILES string of the molecule is CC(=O)c1ccc(S(=O)(=O)N(C)CC(=O)NC2CCCCC2C)cc1. The van der Waals surface area contributed by atoms with E-state index in [1.54, 1.807) is 0 Å². The molecule has 1 aromatic rings. The van der Waals surface area contributed by atoms with E-state index in [-0.39, 0.29) is 29.2 Å². The van der Waals surface area contributed by atoms with Gasteiger partial charge in [0.1, 0.15) is 0 Å². The van der Waals surface area contributed by atoms with Gasteiger partial charge in [0.15, 0.2) is 5.78 Å². The highest BCUT2D eigenvalue weighted by atomic mass is 32.2. The number of amides is 1. The summed E-state index contributed by atoms with van der Waals surface area (Å²) in [6.07, 6.45) is 4.29. The van der Waals surface area contributed by atoms with E-state index < -0.39 is 10.0 Å². The maximum Gasteiger partial charge on any atom is 0.243 e. The van der Waals surface area contributed by atoms with Crippen LogP contribution in [0, 0.1) is 5.92 Å². The summed E-state index contributed by atoms with van der Waals surface area (Å²) < 4.78 is 26.2. The first kappa shape index (κ1) is 19.6. The number of ketones is 1. The van der Waals surface area contributed by atoms with Crippen LogP contribution < -0.4 is 5.32 Å². The Morgan fingerprint density at radius 1 is 1.16 bits per heavy atom. The van der Waals surface area contributed by atoms with Crippen molar-refractivity contribution >= 4 is 21.7 Å². The van der Waals surface area contributed by atoms with Crippen LogP contribution >= 0.6 is 0 Å². The zero-order valence-corrected chi connectivity index (χ0v) is 15.8. The largest absolute Gasteiger partial charge is 0.352 e. The van der Waals surface area contributed by atoms with Crippen LogP contribution in [0.4, 0.5) is 0 Å². The second kappa shape index (κ2) is 8.10. The Labute approximate surface area is 149 Å². The highest BCUT2D eigenvalue weighted by molar-refractivity contribution is 7.89. The summed E-state index contributed by atoms with van der Waals surface area (Å²) in [7, 11) is -2.38. The second-order valence-electron chi connectivity index (χ2n) is 6.78. The number of hydrogen-bond donors (Lipinski definition) is 1. The van der Waals surface area contributed by atoms with Crippen molar-refractivity contribution in [3.05, 3.63) is 29.8 Å². The number of benzene rings is 1. The number of rotatable bonds is 6. The molecule has 0 aromatic heterocycles. The molecule has 1 saturated carbocycles. The van der Waals surface area contributed by atoms with Crippen molar-refractivity contribution < 1.29 is 18.0 Å². The molecule has 1 N–H and O–H groups in total. The van der Waals surface area contributed by atoms with E-state index in [0.717, 1.165) is 23.6 Å². The Balaban J connectivity index is 2.01. The van der Waals surface area contributed by atoms with Crippen LogP contribution in [-0.4, -0.2) is 44.0 Å². The number of carbonyl (C=O) groups excluding carboxylic acids is 2. The van der Waals surface area contributed by atoms with Gasteiger partial charge in [0.25, 0.3) is 0 Å². The molecular weight excluding hydrogens is 340 g/mol. The van der Waals surface area contributed by atoms with Gasteiger partial charge in [0.05, 0.1) is 11.4 Å². The third kappa shape index (κ3) is 4.89. The van der Waals surface area contributed by atoms with Crippen LogP contribution in [0.25, 0.3) is 0 Å². The molecule has 25 heavy (non-hydrogen) atoms. The van der Waals surface area contributed by atoms with E-state index in [1.165, 1.54) is 44.7 Å². The fraction of sp³-hybridized carbons (Fsp3) is 0.556. The van der Waals surface area contributed by atoms with Crippen LogP contribution in [0.3, 0.4) is 0 Å². The zero-order chi connectivity index (χ0) is 18.6. The molecule has 138 valence electrons. The van der Waals surface area contributed by atoms with Crippen molar-refractivity contribution in [3.8, 4) is 0 Å². The number of Topliss-reactive ketones (excluding diaryl/α,β-unsaturated/α-hetero) is 1. The molecule has 2 atom stereocenters. The molecule has 6 nitrogen and oxygen atoms in total. The van der Waals surface area contributed by atoms with E-state index in [1.807, 2.05) is 0 Å². The minimum absolute atomic E-state index is 0.0684. The number of nitrogens with one attached hydrogen (secondary N) is 1. The Morgan fingerprint density at radius 3 is 2.32 bits per heavy atom. The number of nitrogens with zero attached hydrogens (tertiary/aromatic N) is 1. The Kier molecular flexibility index (Phi) is 6.35. The molecule has 1 fully saturated rings. The second-order valence-corrected chi connectivity index (χ2v) is 8.82. The lowest BCUT2D eigenvalue weighted by atomic mass is 9.86. The molecule has 0 aliphatic heterocycles. The van der Waals surface area contributed by atoms with Gasteiger partial charge in [-0.3, -0.25) is 9.59 Å². The monoisotopic (exact) mass is 366 g/mol. The van der Waals surface area contributed by atoms with Crippen LogP contribution in [0.1, 0.15) is 49.9 Å². The molecule has 0 spiro atoms. The summed E-state index contributed by atoms with van der Waals surface area (Å²) in [5, 5.41) is 2.96. The van der Waals surface area contributed by atoms with Gasteiger partial charge >= 0.3 is 0 Å². The predicted molar refractivity (Wildman–Crippen MR) is 95.8 cm³/mol. The van der Waals surface area contributed by atoms with Crippen molar-refractivity contribution in [1.82, 2.24) is 9.62 Å². The fourth-order valence-electron chi connectivity index (χ4n) is 3.11. The summed E-state index contributed by atoms with van der Waals surface area (Å²) in [5.74, 6) is 0.00204. The molecule has 0 heterocycles. The summed E-state index contributed by atoms with van der Waals surface area (Å²) in [6, 6.07) is 5.86. The molecule has 7 heteroatoms. The smallest absolute Gasteiger partial charge is 0.243 e. The first-order chi connectivity index (χ1) is 11.7. The van der Waals surface area contributed by atoms with Gasteiger partial charge in [-0.1, -0.05) is 31.9 Å². The van der Waals surface area contributed by atoms with Gasteiger partial charge in [-0.05, 0) is 37.8 Å². The van der Waals surface area contributed by atoms with E-state index >= 15 is 0 Å². The number of hydrogen-bond acceptors (Lipinski definition) is 4. The van der Waals surface area contributed by atoms with Gasteiger partial charge in [-0.2, -0.15) is 4.31 Å². The van der Waals surface area contributed by atoms with Gasteiger partial charge in [-0.25, -0.2) is 8.42 Å². The maximum atomic E-state index is 12.6. The van der Waals surface area contributed by atoms with Crippen molar-refractivity contribution in [2.45, 2.75) is 50.5 Å². The lowest BCUT2D eigenvalue weighted by molar-refractivity contribution is -0.122. The van der Waals surface area contributed by atoms with Gasteiger partial charge in [-0.15, -0.1) is 0 Å². The lowest BCUT2D eigenvalue weighted by Gasteiger charge is -2.30. The molecule has 0 radical (unpaired) electrons. The predicted octanol–water partition coefficient (Wildman–Crippen LogP) is 2.20. The van der Waals surface area contributed by atoms with Crippen LogP contribution in [0.5, 0.6) is 0 Å². The molecule has 1 amide bonds. The van der Waals surface area contributed by atoms with Gasteiger partial charge in [0, 0.05) is 18.7 Å². The number of carbonyl (C=O) groups is 2. The Morgan fingerprint density at radius 2 is 1.76 bits per heavy atom. The maximum absolute atomic E-state index is 12.6. The highest BCUT2D eigenvalue weighted by Gasteiger charge is 2.26. The third-order valence-electron chi connectivity index (χ3n) is 4.79. The number of likely N-dealkylation sites (N-methyl/N-ethyl adjacent to an activating group) is 1. The molecule has 2 rings (SSSR count). The van der Waals surface area contributed by atoms with Crippen molar-refractivity contribution in [2.24, 2.45) is 5.92 Å². The zero-order valence-electron chi connectivity index (χ0n) is 15.0. The van der Waals surface area contributed by atoms with E-state index in [9.17, 15) is 18.0 Å². The summed E-state index contributed by atoms with van der Waals surface area (Å²) >= 11 is 0. The molecule has 2 unspecified atom stereocenters. The van der Waals surface area contributed by atoms with Crippen LogP contribution in [0.2, 0.25) is 0 Å². The minimum Gasteiger partial charge on any atom is -0.352 e. The fourth-order valence-corrected chi connectivity index (χ4v) is 4.24. The molecule has 1 aliphatic rings. The van der Waals surface area contributed by atoms with E-state index in [2.05, 4.69) is 12.2 Å². The third-order valence-corrected chi connectivity index (χ3v) is 6.61. The average molecular weight is 366 g/mol. The lowest BCUT2D eigenvalue weighted by Crippen LogP contribution is -2.46. The summed E-state index contributed by atoms with van der Waals surface area (Å²) in [6.45, 7) is 3.31. The average Bonchev–Trinajstić information content (AvgIpc) is 2.57. The first-order valence-electron chi connectivity index (χ1n) is 8.58. The van der Waals surface area contributed by atoms with Crippen LogP contribution in [0.15, 0.2) is 29.2 Å². The number of sulfonamides is 1. The molecular formula is C18H26N2O4S. The molecule has 0 saturated heterocycles. The minimum atomic E-state index is -3.77. The van der Waals surface area contributed by atoms with E-state index in [4.69, 9.17) is 0 Å². The highest BCUT2D eigenvalue weighted by Crippen LogP contribution is 2.23.